The molecular formula is C31H40N4O4S. The lowest BCUT2D eigenvalue weighted by molar-refractivity contribution is -0.127. The fourth-order valence-electron chi connectivity index (χ4n) is 4.56. The normalized spacial score (nSPS) is 13.6. The number of ether oxygens (including phenoxy) is 1. The molecule has 2 aromatic rings. The summed E-state index contributed by atoms with van der Waals surface area (Å²) in [6.07, 6.45) is 10.1. The van der Waals surface area contributed by atoms with Crippen molar-refractivity contribution in [2.75, 3.05) is 45.8 Å². The molecule has 0 saturated heterocycles. The van der Waals surface area contributed by atoms with Gasteiger partial charge in [-0.2, -0.15) is 0 Å². The molecule has 1 aliphatic rings. The van der Waals surface area contributed by atoms with Gasteiger partial charge in [-0.05, 0) is 66.1 Å². The van der Waals surface area contributed by atoms with E-state index in [9.17, 15) is 13.8 Å². The zero-order chi connectivity index (χ0) is 29.2. The molecule has 1 unspecified atom stereocenters. The van der Waals surface area contributed by atoms with Crippen LogP contribution in [0.1, 0.15) is 54.6 Å². The third-order valence-electron chi connectivity index (χ3n) is 6.63. The number of carbonyl (C=O) groups excluding carboxylic acids is 2. The van der Waals surface area contributed by atoms with Crippen molar-refractivity contribution in [2.24, 2.45) is 10.7 Å². The summed E-state index contributed by atoms with van der Waals surface area (Å²) in [5.41, 5.74) is 11.3. The minimum Gasteiger partial charge on any atom is -0.496 e. The Labute approximate surface area is 240 Å². The maximum Gasteiger partial charge on any atom is 0.250 e. The number of nitrogens with two attached hydrogens (primary N) is 1. The molecule has 1 heterocycles. The molecule has 0 bridgehead atoms. The predicted molar refractivity (Wildman–Crippen MR) is 165 cm³/mol. The van der Waals surface area contributed by atoms with Gasteiger partial charge in [-0.1, -0.05) is 26.0 Å². The van der Waals surface area contributed by atoms with Gasteiger partial charge in [0, 0.05) is 72.6 Å². The lowest BCUT2D eigenvalue weighted by atomic mass is 9.96. The van der Waals surface area contributed by atoms with Gasteiger partial charge in [-0.25, -0.2) is 4.99 Å². The van der Waals surface area contributed by atoms with Crippen molar-refractivity contribution in [1.29, 1.82) is 0 Å². The summed E-state index contributed by atoms with van der Waals surface area (Å²) in [4.78, 5) is 33.6. The van der Waals surface area contributed by atoms with E-state index in [1.807, 2.05) is 59.5 Å². The summed E-state index contributed by atoms with van der Waals surface area (Å²) in [5.74, 6) is 1.48. The van der Waals surface area contributed by atoms with Crippen LogP contribution < -0.4 is 10.5 Å². The molecular weight excluding hydrogens is 524 g/mol. The molecule has 0 aromatic heterocycles. The zero-order valence-electron chi connectivity index (χ0n) is 24.1. The van der Waals surface area contributed by atoms with Crippen LogP contribution >= 0.6 is 0 Å². The number of benzene rings is 2. The van der Waals surface area contributed by atoms with Crippen molar-refractivity contribution >= 4 is 46.7 Å². The standard InChI is InChI=1S/C31H40N4O4S/c1-6-11-35(12-7-2)31(37)26-17-27-28(33-30(32)20-26)18-25(19-29(27)39-4)22-8-9-24(21-36)23(16-22)10-13-34(3)14-15-40(5)38/h8-10,13,16-19,21H,6-7,11-12,14-15,20H2,1-5H3,(H2,32,33)/b13-10-. The molecule has 9 heteroatoms. The predicted octanol–water partition coefficient (Wildman–Crippen LogP) is 4.88. The van der Waals surface area contributed by atoms with E-state index in [0.29, 0.717) is 59.4 Å². The molecule has 0 fully saturated rings. The summed E-state index contributed by atoms with van der Waals surface area (Å²) >= 11 is 0. The number of methoxy groups -OCH3 is 1. The number of rotatable bonds is 13. The Morgan fingerprint density at radius 1 is 1.10 bits per heavy atom. The van der Waals surface area contributed by atoms with E-state index in [2.05, 4.69) is 18.8 Å². The van der Waals surface area contributed by atoms with Gasteiger partial charge in [0.1, 0.15) is 11.6 Å². The third-order valence-corrected chi connectivity index (χ3v) is 7.39. The van der Waals surface area contributed by atoms with E-state index in [0.717, 1.165) is 35.8 Å². The van der Waals surface area contributed by atoms with Crippen molar-refractivity contribution in [3.8, 4) is 16.9 Å². The Kier molecular flexibility index (Phi) is 11.3. The Hall–Kier alpha value is -3.72. The molecule has 3 rings (SSSR count). The molecule has 1 atom stereocenters. The summed E-state index contributed by atoms with van der Waals surface area (Å²) < 4.78 is 17.2. The number of hydrogen-bond acceptors (Lipinski definition) is 7. The van der Waals surface area contributed by atoms with Gasteiger partial charge in [0.05, 0.1) is 12.8 Å². The van der Waals surface area contributed by atoms with Crippen molar-refractivity contribution < 1.29 is 18.5 Å². The quantitative estimate of drug-likeness (QED) is 0.348. The largest absolute Gasteiger partial charge is 0.496 e. The maximum atomic E-state index is 13.4. The summed E-state index contributed by atoms with van der Waals surface area (Å²) in [6, 6.07) is 9.45. The minimum absolute atomic E-state index is 0.0307. The van der Waals surface area contributed by atoms with Gasteiger partial charge in [0.2, 0.25) is 5.91 Å². The Bertz CT molecular complexity index is 1340. The van der Waals surface area contributed by atoms with Crippen LogP contribution in [0.25, 0.3) is 23.3 Å². The average molecular weight is 565 g/mol. The van der Waals surface area contributed by atoms with Crippen molar-refractivity contribution in [1.82, 2.24) is 9.80 Å². The minimum atomic E-state index is -0.875. The Morgan fingerprint density at radius 3 is 2.45 bits per heavy atom. The molecule has 0 aliphatic carbocycles. The SMILES string of the molecule is CCCN(CCC)C(=O)C1=Cc2c(cc(-c3ccc(C=O)c(/C=C\N(C)CCS(C)=O)c3)cc2OC)N=C(N)C1. The van der Waals surface area contributed by atoms with E-state index < -0.39 is 10.8 Å². The number of amidine groups is 1. The van der Waals surface area contributed by atoms with Crippen LogP contribution in [0.3, 0.4) is 0 Å². The first-order valence-electron chi connectivity index (χ1n) is 13.5. The van der Waals surface area contributed by atoms with Crippen molar-refractivity contribution in [3.63, 3.8) is 0 Å². The number of fused-ring (bicyclic) bond motifs is 1. The smallest absolute Gasteiger partial charge is 0.250 e. The van der Waals surface area contributed by atoms with E-state index >= 15 is 0 Å². The number of nitrogens with zero attached hydrogens (tertiary/aromatic N) is 3. The number of aldehydes is 1. The van der Waals surface area contributed by atoms with Gasteiger partial charge >= 0.3 is 0 Å². The molecule has 2 aromatic carbocycles. The fourth-order valence-corrected chi connectivity index (χ4v) is 5.10. The molecule has 1 aliphatic heterocycles. The van der Waals surface area contributed by atoms with Gasteiger partial charge in [0.25, 0.3) is 0 Å². The molecule has 0 radical (unpaired) electrons. The number of hydrogen-bond donors (Lipinski definition) is 1. The molecule has 214 valence electrons. The number of amides is 1. The fraction of sp³-hybridized carbons (Fsp3) is 0.387. The van der Waals surface area contributed by atoms with Crippen LogP contribution in [0.2, 0.25) is 0 Å². The van der Waals surface area contributed by atoms with E-state index in [1.54, 1.807) is 19.4 Å². The zero-order valence-corrected chi connectivity index (χ0v) is 24.9. The molecule has 40 heavy (non-hydrogen) atoms. The molecule has 8 nitrogen and oxygen atoms in total. The maximum absolute atomic E-state index is 13.4. The van der Waals surface area contributed by atoms with Crippen molar-refractivity contribution in [2.45, 2.75) is 33.1 Å². The lowest BCUT2D eigenvalue weighted by Crippen LogP contribution is -2.34. The van der Waals surface area contributed by atoms with E-state index in [1.165, 1.54) is 0 Å². The van der Waals surface area contributed by atoms with Crippen LogP contribution in [0.5, 0.6) is 5.75 Å². The highest BCUT2D eigenvalue weighted by Gasteiger charge is 2.23. The molecule has 1 amide bonds. The first kappa shape index (κ1) is 30.8. The van der Waals surface area contributed by atoms with Gasteiger partial charge in [0.15, 0.2) is 6.29 Å². The highest BCUT2D eigenvalue weighted by Crippen LogP contribution is 2.39. The second kappa shape index (κ2) is 14.6. The highest BCUT2D eigenvalue weighted by atomic mass is 32.2. The summed E-state index contributed by atoms with van der Waals surface area (Å²) in [6.45, 7) is 6.13. The third kappa shape index (κ3) is 7.91. The van der Waals surface area contributed by atoms with Gasteiger partial charge < -0.3 is 20.3 Å². The molecule has 0 saturated carbocycles. The summed E-state index contributed by atoms with van der Waals surface area (Å²) in [5, 5.41) is 0. The van der Waals surface area contributed by atoms with Crippen LogP contribution in [0.15, 0.2) is 47.1 Å². The number of carbonyl (C=O) groups is 2. The van der Waals surface area contributed by atoms with Gasteiger partial charge in [-0.3, -0.25) is 13.8 Å². The van der Waals surface area contributed by atoms with Gasteiger partial charge in [-0.15, -0.1) is 0 Å². The Morgan fingerprint density at radius 2 is 1.82 bits per heavy atom. The van der Waals surface area contributed by atoms with Crippen LogP contribution in [0.4, 0.5) is 5.69 Å². The first-order chi connectivity index (χ1) is 19.2. The lowest BCUT2D eigenvalue weighted by Gasteiger charge is -2.22. The average Bonchev–Trinajstić information content (AvgIpc) is 3.11. The second-order valence-electron chi connectivity index (χ2n) is 9.89. The second-order valence-corrected chi connectivity index (χ2v) is 11.4. The van der Waals surface area contributed by atoms with Crippen LogP contribution in [0, 0.1) is 0 Å². The molecule has 2 N–H and O–H groups in total. The monoisotopic (exact) mass is 564 g/mol. The van der Waals surface area contributed by atoms with E-state index in [-0.39, 0.29) is 12.3 Å². The van der Waals surface area contributed by atoms with Crippen LogP contribution in [-0.4, -0.2) is 77.8 Å². The Balaban J connectivity index is 2.03. The van der Waals surface area contributed by atoms with Crippen molar-refractivity contribution in [3.05, 3.63) is 58.8 Å². The molecule has 0 spiro atoms. The van der Waals surface area contributed by atoms with Crippen LogP contribution in [-0.2, 0) is 15.6 Å². The highest BCUT2D eigenvalue weighted by molar-refractivity contribution is 7.84. The first-order valence-corrected chi connectivity index (χ1v) is 15.3. The topological polar surface area (TPSA) is 105 Å². The number of aliphatic imine (C=N–C) groups is 1. The summed E-state index contributed by atoms with van der Waals surface area (Å²) in [7, 11) is 2.62. The van der Waals surface area contributed by atoms with E-state index in [4.69, 9.17) is 10.5 Å².